The minimum Gasteiger partial charge on any atom is -0.477 e. The van der Waals surface area contributed by atoms with E-state index in [0.29, 0.717) is 11.5 Å². The van der Waals surface area contributed by atoms with Crippen molar-refractivity contribution < 1.29 is 14.7 Å². The number of rotatable bonds is 5. The quantitative estimate of drug-likeness (QED) is 0.620. The van der Waals surface area contributed by atoms with Crippen LogP contribution in [0.25, 0.3) is 6.08 Å². The van der Waals surface area contributed by atoms with Crippen molar-refractivity contribution in [2.45, 2.75) is 6.04 Å². The SMILES string of the molecule is O=C(O)C1=CC(C=Cc2ccccc2)n2ncc(C(=O)Nc3ccccc3)c2N1. The molecule has 0 radical (unpaired) electrons. The number of benzene rings is 2. The summed E-state index contributed by atoms with van der Waals surface area (Å²) in [6.07, 6.45) is 6.72. The van der Waals surface area contributed by atoms with Crippen molar-refractivity contribution in [1.82, 2.24) is 9.78 Å². The Balaban J connectivity index is 1.65. The number of hydrogen-bond acceptors (Lipinski definition) is 4. The first-order valence-electron chi connectivity index (χ1n) is 9.01. The van der Waals surface area contributed by atoms with Gasteiger partial charge < -0.3 is 15.7 Å². The van der Waals surface area contributed by atoms with E-state index >= 15 is 0 Å². The van der Waals surface area contributed by atoms with Gasteiger partial charge in [-0.15, -0.1) is 0 Å². The molecule has 7 heteroatoms. The van der Waals surface area contributed by atoms with Crippen molar-refractivity contribution in [3.8, 4) is 0 Å². The van der Waals surface area contributed by atoms with E-state index < -0.39 is 12.0 Å². The monoisotopic (exact) mass is 386 g/mol. The molecule has 2 heterocycles. The largest absolute Gasteiger partial charge is 0.477 e. The first kappa shape index (κ1) is 18.2. The van der Waals surface area contributed by atoms with Gasteiger partial charge in [-0.1, -0.05) is 60.7 Å². The Labute approximate surface area is 167 Å². The fourth-order valence-corrected chi connectivity index (χ4v) is 3.05. The van der Waals surface area contributed by atoms with Gasteiger partial charge in [0, 0.05) is 5.69 Å². The van der Waals surface area contributed by atoms with Gasteiger partial charge in [-0.05, 0) is 23.8 Å². The molecule has 3 aromatic rings. The summed E-state index contributed by atoms with van der Waals surface area (Å²) in [5.74, 6) is -1.15. The van der Waals surface area contributed by atoms with Crippen molar-refractivity contribution in [2.75, 3.05) is 10.6 Å². The molecule has 1 unspecified atom stereocenters. The number of hydrogen-bond donors (Lipinski definition) is 3. The lowest BCUT2D eigenvalue weighted by molar-refractivity contribution is -0.132. The number of allylic oxidation sites excluding steroid dienone is 2. The summed E-state index contributed by atoms with van der Waals surface area (Å²) in [7, 11) is 0. The number of nitrogens with one attached hydrogen (secondary N) is 2. The number of nitrogens with zero attached hydrogens (tertiary/aromatic N) is 2. The number of carboxylic acid groups (broad SMARTS) is 1. The average Bonchev–Trinajstić information content (AvgIpc) is 3.18. The number of aromatic nitrogens is 2. The maximum absolute atomic E-state index is 12.7. The first-order valence-corrected chi connectivity index (χ1v) is 9.01. The molecule has 1 aliphatic heterocycles. The molecule has 2 aromatic carbocycles. The maximum Gasteiger partial charge on any atom is 0.352 e. The molecule has 144 valence electrons. The molecular formula is C22H18N4O3. The lowest BCUT2D eigenvalue weighted by Crippen LogP contribution is -2.24. The van der Waals surface area contributed by atoms with Crippen LogP contribution >= 0.6 is 0 Å². The van der Waals surface area contributed by atoms with Crippen molar-refractivity contribution in [1.29, 1.82) is 0 Å². The van der Waals surface area contributed by atoms with Gasteiger partial charge in [0.05, 0.1) is 12.2 Å². The predicted molar refractivity (Wildman–Crippen MR) is 110 cm³/mol. The second-order valence-corrected chi connectivity index (χ2v) is 6.44. The van der Waals surface area contributed by atoms with Crippen molar-refractivity contribution in [2.24, 2.45) is 0 Å². The smallest absolute Gasteiger partial charge is 0.352 e. The third-order valence-corrected chi connectivity index (χ3v) is 4.46. The molecule has 3 N–H and O–H groups in total. The standard InChI is InChI=1S/C22H18N4O3/c27-21(24-16-9-5-2-6-10-16)18-14-23-26-17(12-11-15-7-3-1-4-8-15)13-19(22(28)29)25-20(18)26/h1-14,17,25H,(H,24,27)(H,28,29). The minimum atomic E-state index is -1.11. The van der Waals surface area contributed by atoms with E-state index in [1.54, 1.807) is 22.9 Å². The fraction of sp³-hybridized carbons (Fsp3) is 0.0455. The predicted octanol–water partition coefficient (Wildman–Crippen LogP) is 3.78. The van der Waals surface area contributed by atoms with E-state index in [-0.39, 0.29) is 17.2 Å². The summed E-state index contributed by atoms with van der Waals surface area (Å²) >= 11 is 0. The highest BCUT2D eigenvalue weighted by molar-refractivity contribution is 6.08. The number of amides is 1. The van der Waals surface area contributed by atoms with Crippen LogP contribution in [0.3, 0.4) is 0 Å². The summed E-state index contributed by atoms with van der Waals surface area (Å²) < 4.78 is 1.59. The third kappa shape index (κ3) is 3.93. The minimum absolute atomic E-state index is 0.00512. The molecule has 0 saturated heterocycles. The normalized spacial score (nSPS) is 15.3. The Bertz CT molecular complexity index is 1100. The molecule has 7 nitrogen and oxygen atoms in total. The number of carbonyl (C=O) groups is 2. The average molecular weight is 386 g/mol. The van der Waals surface area contributed by atoms with Crippen molar-refractivity contribution in [3.63, 3.8) is 0 Å². The second kappa shape index (κ2) is 7.85. The van der Waals surface area contributed by atoms with Crippen LogP contribution in [0.1, 0.15) is 22.0 Å². The van der Waals surface area contributed by atoms with Gasteiger partial charge in [-0.3, -0.25) is 4.79 Å². The van der Waals surface area contributed by atoms with Crippen LogP contribution in [0.2, 0.25) is 0 Å². The molecule has 1 amide bonds. The molecule has 0 bridgehead atoms. The maximum atomic E-state index is 12.7. The molecule has 0 saturated carbocycles. The van der Waals surface area contributed by atoms with E-state index in [9.17, 15) is 14.7 Å². The highest BCUT2D eigenvalue weighted by Crippen LogP contribution is 2.29. The van der Waals surface area contributed by atoms with E-state index in [2.05, 4.69) is 15.7 Å². The third-order valence-electron chi connectivity index (χ3n) is 4.46. The zero-order valence-corrected chi connectivity index (χ0v) is 15.3. The lowest BCUT2D eigenvalue weighted by atomic mass is 10.1. The molecule has 4 rings (SSSR count). The molecule has 0 fully saturated rings. The van der Waals surface area contributed by atoms with Gasteiger partial charge in [0.1, 0.15) is 17.1 Å². The van der Waals surface area contributed by atoms with E-state index in [1.807, 2.05) is 60.7 Å². The molecule has 0 spiro atoms. The van der Waals surface area contributed by atoms with Crippen molar-refractivity contribution in [3.05, 3.63) is 95.8 Å². The van der Waals surface area contributed by atoms with Gasteiger partial charge in [-0.2, -0.15) is 5.10 Å². The highest BCUT2D eigenvalue weighted by atomic mass is 16.4. The van der Waals surface area contributed by atoms with Gasteiger partial charge in [0.15, 0.2) is 0 Å². The van der Waals surface area contributed by atoms with E-state index in [4.69, 9.17) is 0 Å². The van der Waals surface area contributed by atoms with E-state index in [1.165, 1.54) is 6.20 Å². The van der Waals surface area contributed by atoms with Gasteiger partial charge in [-0.25, -0.2) is 9.48 Å². The van der Waals surface area contributed by atoms with Crippen molar-refractivity contribution >= 4 is 29.5 Å². The van der Waals surface area contributed by atoms with Crippen LogP contribution in [0.5, 0.6) is 0 Å². The first-order chi connectivity index (χ1) is 14.1. The summed E-state index contributed by atoms with van der Waals surface area (Å²) in [5.41, 5.74) is 1.88. The second-order valence-electron chi connectivity index (χ2n) is 6.44. The highest BCUT2D eigenvalue weighted by Gasteiger charge is 2.27. The summed E-state index contributed by atoms with van der Waals surface area (Å²) in [6.45, 7) is 0. The fourth-order valence-electron chi connectivity index (χ4n) is 3.05. The molecule has 29 heavy (non-hydrogen) atoms. The number of anilines is 2. The zero-order chi connectivity index (χ0) is 20.2. The number of carboxylic acids is 1. The summed E-state index contributed by atoms with van der Waals surface area (Å²) in [5, 5.41) is 19.4. The summed E-state index contributed by atoms with van der Waals surface area (Å²) in [4.78, 5) is 24.3. The number of aliphatic carboxylic acids is 1. The number of carbonyl (C=O) groups excluding carboxylic acids is 1. The number of fused-ring (bicyclic) bond motifs is 1. The molecule has 0 aliphatic carbocycles. The molecule has 1 atom stereocenters. The Morgan fingerprint density at radius 1 is 1.07 bits per heavy atom. The number of para-hydroxylation sites is 1. The van der Waals surface area contributed by atoms with Crippen LogP contribution < -0.4 is 10.6 Å². The van der Waals surface area contributed by atoms with Crippen LogP contribution in [0, 0.1) is 0 Å². The van der Waals surface area contributed by atoms with Crippen LogP contribution in [0.15, 0.2) is 84.7 Å². The van der Waals surface area contributed by atoms with Gasteiger partial charge in [0.2, 0.25) is 0 Å². The van der Waals surface area contributed by atoms with Gasteiger partial charge in [0.25, 0.3) is 5.91 Å². The Morgan fingerprint density at radius 2 is 1.76 bits per heavy atom. The molecule has 1 aliphatic rings. The van der Waals surface area contributed by atoms with Crippen LogP contribution in [-0.4, -0.2) is 26.8 Å². The Kier molecular flexibility index (Phi) is 4.94. The molecular weight excluding hydrogens is 368 g/mol. The Hall–Kier alpha value is -4.13. The topological polar surface area (TPSA) is 96.2 Å². The lowest BCUT2D eigenvalue weighted by Gasteiger charge is -2.22. The zero-order valence-electron chi connectivity index (χ0n) is 15.3. The van der Waals surface area contributed by atoms with Crippen LogP contribution in [0.4, 0.5) is 11.5 Å². The van der Waals surface area contributed by atoms with E-state index in [0.717, 1.165) is 5.56 Å². The van der Waals surface area contributed by atoms with Crippen LogP contribution in [-0.2, 0) is 4.79 Å². The van der Waals surface area contributed by atoms with Gasteiger partial charge >= 0.3 is 5.97 Å². The summed E-state index contributed by atoms with van der Waals surface area (Å²) in [6, 6.07) is 18.2. The Morgan fingerprint density at radius 3 is 2.45 bits per heavy atom. The molecule has 1 aromatic heterocycles.